The molecule has 8 rings (SSSR count). The number of phenols is 2. The number of hydrogen-bond acceptors (Lipinski definition) is 14. The number of aliphatic hydroxyl groups is 3. The minimum absolute atomic E-state index is 0.0115. The molecule has 0 bridgehead atoms. The summed E-state index contributed by atoms with van der Waals surface area (Å²) in [5.74, 6) is -1.13. The Bertz CT molecular complexity index is 2100. The first kappa shape index (κ1) is 48.0. The van der Waals surface area contributed by atoms with Gasteiger partial charge >= 0.3 is 5.97 Å². The molecule has 2 saturated carbocycles. The molecule has 3 heterocycles. The number of rotatable bonds is 18. The number of benzene rings is 2. The molecule has 6 aliphatic rings. The molecule has 2 aromatic rings. The Morgan fingerprint density at radius 2 is 1.80 bits per heavy atom. The van der Waals surface area contributed by atoms with Crippen molar-refractivity contribution in [2.75, 3.05) is 40.1 Å². The Kier molecular flexibility index (Phi) is 15.1. The lowest BCUT2D eigenvalue weighted by Crippen LogP contribution is -2.69. The van der Waals surface area contributed by atoms with Crippen molar-refractivity contribution in [1.29, 1.82) is 0 Å². The first-order valence-electron chi connectivity index (χ1n) is 24.3. The quantitative estimate of drug-likeness (QED) is 0.0519. The van der Waals surface area contributed by atoms with E-state index in [1.165, 1.54) is 7.11 Å². The molecule has 362 valence electrons. The van der Waals surface area contributed by atoms with Gasteiger partial charge in [-0.2, -0.15) is 0 Å². The van der Waals surface area contributed by atoms with Crippen molar-refractivity contribution < 1.29 is 54.4 Å². The van der Waals surface area contributed by atoms with E-state index in [0.29, 0.717) is 55.4 Å². The number of methoxy groups -OCH3 is 1. The molecular formula is C51H72N4O11. The number of carboxylic acid groups (broad SMARTS) is 1. The molecule has 15 heteroatoms. The molecule has 2 spiro atoms. The highest BCUT2D eigenvalue weighted by molar-refractivity contribution is 5.75. The number of aryl methyl sites for hydroxylation is 1. The van der Waals surface area contributed by atoms with Gasteiger partial charge in [0.15, 0.2) is 23.0 Å². The summed E-state index contributed by atoms with van der Waals surface area (Å²) in [7, 11) is 1.46. The Hall–Kier alpha value is -4.51. The summed E-state index contributed by atoms with van der Waals surface area (Å²) in [6, 6.07) is 8.25. The van der Waals surface area contributed by atoms with Gasteiger partial charge in [0.1, 0.15) is 13.3 Å². The van der Waals surface area contributed by atoms with E-state index in [1.54, 1.807) is 24.3 Å². The molecule has 3 aliphatic carbocycles. The Morgan fingerprint density at radius 1 is 1.03 bits per heavy atom. The van der Waals surface area contributed by atoms with E-state index in [4.69, 9.17) is 24.7 Å². The molecule has 0 amide bonds. The number of fused-ring (bicyclic) bond motifs is 1. The normalized spacial score (nSPS) is 31.1. The number of piperidine rings is 1. The van der Waals surface area contributed by atoms with E-state index >= 15 is 0 Å². The van der Waals surface area contributed by atoms with Crippen LogP contribution in [0.15, 0.2) is 66.0 Å². The predicted molar refractivity (Wildman–Crippen MR) is 248 cm³/mol. The zero-order chi connectivity index (χ0) is 46.6. The van der Waals surface area contributed by atoms with Gasteiger partial charge in [0.25, 0.3) is 0 Å². The number of ether oxygens (including phenoxy) is 4. The number of phenolic OH excluding ortho intramolecular Hbond substituents is 2. The molecule has 2 aromatic carbocycles. The van der Waals surface area contributed by atoms with Gasteiger partial charge in [-0.15, -0.1) is 0 Å². The minimum atomic E-state index is -0.880. The highest BCUT2D eigenvalue weighted by Gasteiger charge is 2.68. The second-order valence-corrected chi connectivity index (χ2v) is 19.8. The molecule has 0 unspecified atom stereocenters. The zero-order valence-electron chi connectivity index (χ0n) is 38.5. The van der Waals surface area contributed by atoms with E-state index < -0.39 is 47.6 Å². The van der Waals surface area contributed by atoms with Crippen LogP contribution in [0.3, 0.4) is 0 Å². The Balaban J connectivity index is 1.02. The van der Waals surface area contributed by atoms with Gasteiger partial charge in [-0.05, 0) is 123 Å². The first-order chi connectivity index (χ1) is 31.9. The topological polar surface area (TPSA) is 237 Å². The average molecular weight is 917 g/mol. The van der Waals surface area contributed by atoms with E-state index in [-0.39, 0.29) is 72.8 Å². The molecule has 10 atom stereocenters. The van der Waals surface area contributed by atoms with Crippen LogP contribution in [0.1, 0.15) is 101 Å². The molecule has 0 radical (unpaired) electrons. The smallest absolute Gasteiger partial charge is 0.311 e. The van der Waals surface area contributed by atoms with Gasteiger partial charge in [-0.1, -0.05) is 50.0 Å². The summed E-state index contributed by atoms with van der Waals surface area (Å²) in [5, 5.41) is 75.7. The van der Waals surface area contributed by atoms with E-state index in [0.717, 1.165) is 68.9 Å². The minimum Gasteiger partial charge on any atom is -0.504 e. The van der Waals surface area contributed by atoms with Gasteiger partial charge in [0.05, 0.1) is 43.3 Å². The number of aliphatic hydroxyl groups excluding tert-OH is 3. The average Bonchev–Trinajstić information content (AvgIpc) is 4.10. The number of allylic oxidation sites excluding steroid dienone is 3. The van der Waals surface area contributed by atoms with Gasteiger partial charge in [-0.3, -0.25) is 10.1 Å². The number of nitrogens with two attached hydrogens (primary N) is 1. The highest BCUT2D eigenvalue weighted by Crippen LogP contribution is 2.68. The van der Waals surface area contributed by atoms with Crippen molar-refractivity contribution in [3.8, 4) is 28.7 Å². The third kappa shape index (κ3) is 9.61. The summed E-state index contributed by atoms with van der Waals surface area (Å²) in [6.07, 6.45) is 16.4. The molecule has 0 aromatic heterocycles. The van der Waals surface area contributed by atoms with Crippen molar-refractivity contribution in [1.82, 2.24) is 16.0 Å². The van der Waals surface area contributed by atoms with Crippen LogP contribution in [0.2, 0.25) is 0 Å². The fourth-order valence-electron chi connectivity index (χ4n) is 13.1. The third-order valence-electron chi connectivity index (χ3n) is 16.0. The SMILES string of the molecule is COc1cc([C@H]2O[C@@H](CCc3ccc(O)c(OCNC[C@H](O)C4CCCC4)c3)C[C@H](O)[C@H]2CCO)cc(OC[C@H]2N[C@H](C)CC3(CCCC3)[C@]23[C@@H](C(=O)O)C=C[C@H]3C2=CCNC(N)=C2)c1O. The fourth-order valence-corrected chi connectivity index (χ4v) is 13.1. The summed E-state index contributed by atoms with van der Waals surface area (Å²) in [4.78, 5) is 13.4. The Labute approximate surface area is 388 Å². The van der Waals surface area contributed by atoms with Crippen LogP contribution >= 0.6 is 0 Å². The highest BCUT2D eigenvalue weighted by atomic mass is 16.5. The lowest BCUT2D eigenvalue weighted by atomic mass is 9.46. The predicted octanol–water partition coefficient (Wildman–Crippen LogP) is 5.30. The standard InChI is InChI=1S/C51H72N4O11/c1-30-26-50(17-5-6-18-50)51(37(12-13-38(51)49(61)62)33-15-19-54-46(52)24-33)45(55-30)28-64-44-23-34(22-43(63-2)47(44)60)48-36(16-20-56)40(58)25-35(66-48)11-9-31-10-14-39(57)42(21-31)65-29-53-27-41(59)32-7-3-4-8-32/h10,12-15,21-24,30,32,35-38,40-41,45,48,53-60H,3-9,11,16-20,25-29,52H2,1-2H3,(H,61,62)/t30-,35+,36-,37+,38-,40+,41+,45-,48-,51-/m1/s1. The van der Waals surface area contributed by atoms with Crippen LogP contribution in [0.25, 0.3) is 0 Å². The van der Waals surface area contributed by atoms with Crippen molar-refractivity contribution in [3.63, 3.8) is 0 Å². The van der Waals surface area contributed by atoms with Crippen LogP contribution in [0.4, 0.5) is 0 Å². The number of aromatic hydroxyl groups is 2. The lowest BCUT2D eigenvalue weighted by molar-refractivity contribution is -0.160. The van der Waals surface area contributed by atoms with Crippen LogP contribution in [0, 0.1) is 34.5 Å². The van der Waals surface area contributed by atoms with Gasteiger partial charge in [-0.25, -0.2) is 0 Å². The van der Waals surface area contributed by atoms with Crippen molar-refractivity contribution >= 4 is 5.97 Å². The summed E-state index contributed by atoms with van der Waals surface area (Å²) in [5.41, 5.74) is 7.71. The van der Waals surface area contributed by atoms with Gasteiger partial charge < -0.3 is 66.0 Å². The molecule has 66 heavy (non-hydrogen) atoms. The molecular weight excluding hydrogens is 845 g/mol. The summed E-state index contributed by atoms with van der Waals surface area (Å²) >= 11 is 0. The summed E-state index contributed by atoms with van der Waals surface area (Å²) < 4.78 is 25.1. The molecule has 4 fully saturated rings. The number of carbonyl (C=O) groups is 1. The van der Waals surface area contributed by atoms with Crippen molar-refractivity contribution in [2.45, 2.75) is 127 Å². The van der Waals surface area contributed by atoms with Gasteiger partial charge in [0, 0.05) is 49.0 Å². The third-order valence-corrected chi connectivity index (χ3v) is 16.0. The monoisotopic (exact) mass is 917 g/mol. The second kappa shape index (κ2) is 20.8. The largest absolute Gasteiger partial charge is 0.504 e. The summed E-state index contributed by atoms with van der Waals surface area (Å²) in [6.45, 7) is 3.13. The maximum atomic E-state index is 13.4. The maximum absolute atomic E-state index is 13.4. The molecule has 11 N–H and O–H groups in total. The fraction of sp³-hybridized carbons (Fsp3) is 0.627. The number of dihydropyridines is 1. The lowest BCUT2D eigenvalue weighted by Gasteiger charge is -2.61. The molecule has 3 aliphatic heterocycles. The molecule has 2 saturated heterocycles. The molecule has 15 nitrogen and oxygen atoms in total. The van der Waals surface area contributed by atoms with Crippen molar-refractivity contribution in [2.24, 2.45) is 40.2 Å². The zero-order valence-corrected chi connectivity index (χ0v) is 38.5. The van der Waals surface area contributed by atoms with Crippen LogP contribution in [-0.4, -0.2) is 107 Å². The van der Waals surface area contributed by atoms with Crippen LogP contribution < -0.4 is 35.9 Å². The number of aliphatic carboxylic acids is 1. The first-order valence-corrected chi connectivity index (χ1v) is 24.3. The maximum Gasteiger partial charge on any atom is 0.311 e. The Morgan fingerprint density at radius 3 is 2.53 bits per heavy atom. The van der Waals surface area contributed by atoms with E-state index in [2.05, 4.69) is 35.0 Å². The van der Waals surface area contributed by atoms with Crippen LogP contribution in [0.5, 0.6) is 28.7 Å². The van der Waals surface area contributed by atoms with Crippen molar-refractivity contribution in [3.05, 3.63) is 77.2 Å². The second-order valence-electron chi connectivity index (χ2n) is 19.8. The number of hydrogen-bond donors (Lipinski definition) is 10. The van der Waals surface area contributed by atoms with Gasteiger partial charge in [0.2, 0.25) is 5.75 Å². The van der Waals surface area contributed by atoms with Crippen LogP contribution in [-0.2, 0) is 16.0 Å². The number of carboxylic acids is 1. The van der Waals surface area contributed by atoms with E-state index in [9.17, 15) is 35.4 Å². The number of nitrogens with one attached hydrogen (secondary N) is 3. The van der Waals surface area contributed by atoms with E-state index in [1.807, 2.05) is 18.2 Å².